The van der Waals surface area contributed by atoms with Crippen LogP contribution in [0, 0.1) is 5.92 Å². The number of nitrogens with one attached hydrogen (secondary N) is 1. The van der Waals surface area contributed by atoms with Gasteiger partial charge in [0.25, 0.3) is 0 Å². The maximum atomic E-state index is 5.63. The third-order valence-corrected chi connectivity index (χ3v) is 4.15. The largest absolute Gasteiger partial charge is 0.378 e. The van der Waals surface area contributed by atoms with Crippen LogP contribution in [0.25, 0.3) is 0 Å². The predicted molar refractivity (Wildman–Crippen MR) is 64.6 cm³/mol. The summed E-state index contributed by atoms with van der Waals surface area (Å²) in [5.74, 6) is 0.879. The average molecular weight is 227 g/mol. The van der Waals surface area contributed by atoms with Crippen LogP contribution in [0.3, 0.4) is 0 Å². The SMILES string of the molecule is COC1(CNC2CCCC(C)C2)CCOC1. The molecule has 2 aliphatic rings. The Hall–Kier alpha value is -0.120. The number of rotatable bonds is 4. The van der Waals surface area contributed by atoms with Gasteiger partial charge in [-0.05, 0) is 18.8 Å². The van der Waals surface area contributed by atoms with Gasteiger partial charge in [0.05, 0.1) is 6.61 Å². The van der Waals surface area contributed by atoms with Crippen molar-refractivity contribution in [2.45, 2.75) is 50.7 Å². The summed E-state index contributed by atoms with van der Waals surface area (Å²) >= 11 is 0. The van der Waals surface area contributed by atoms with E-state index in [1.807, 2.05) is 0 Å². The van der Waals surface area contributed by atoms with Gasteiger partial charge in [0.1, 0.15) is 5.60 Å². The van der Waals surface area contributed by atoms with E-state index >= 15 is 0 Å². The van der Waals surface area contributed by atoms with Crippen LogP contribution in [0.4, 0.5) is 0 Å². The molecule has 1 aliphatic carbocycles. The summed E-state index contributed by atoms with van der Waals surface area (Å²) in [5.41, 5.74) is -0.0549. The second kappa shape index (κ2) is 5.48. The summed E-state index contributed by atoms with van der Waals surface area (Å²) in [6.45, 7) is 4.90. The Balaban J connectivity index is 1.77. The lowest BCUT2D eigenvalue weighted by Crippen LogP contribution is -2.47. The van der Waals surface area contributed by atoms with Crippen LogP contribution in [-0.4, -0.2) is 38.5 Å². The Morgan fingerprint density at radius 2 is 2.31 bits per heavy atom. The molecule has 1 N–H and O–H groups in total. The van der Waals surface area contributed by atoms with Gasteiger partial charge in [-0.2, -0.15) is 0 Å². The van der Waals surface area contributed by atoms with Gasteiger partial charge in [0.15, 0.2) is 0 Å². The van der Waals surface area contributed by atoms with E-state index < -0.39 is 0 Å². The highest BCUT2D eigenvalue weighted by Gasteiger charge is 2.35. The summed E-state index contributed by atoms with van der Waals surface area (Å²) in [4.78, 5) is 0. The fourth-order valence-electron chi connectivity index (χ4n) is 2.91. The van der Waals surface area contributed by atoms with Gasteiger partial charge in [-0.15, -0.1) is 0 Å². The Kier molecular flexibility index (Phi) is 4.22. The second-order valence-corrected chi connectivity index (χ2v) is 5.54. The Bertz CT molecular complexity index is 214. The molecule has 1 aliphatic heterocycles. The van der Waals surface area contributed by atoms with Crippen molar-refractivity contribution in [1.29, 1.82) is 0 Å². The van der Waals surface area contributed by atoms with E-state index in [4.69, 9.17) is 9.47 Å². The summed E-state index contributed by atoms with van der Waals surface area (Å²) < 4.78 is 11.1. The summed E-state index contributed by atoms with van der Waals surface area (Å²) in [6, 6.07) is 0.691. The highest BCUT2D eigenvalue weighted by molar-refractivity contribution is 4.89. The zero-order valence-corrected chi connectivity index (χ0v) is 10.6. The first-order valence-electron chi connectivity index (χ1n) is 6.60. The molecule has 0 aromatic rings. The molecule has 3 heteroatoms. The Morgan fingerprint density at radius 3 is 2.94 bits per heavy atom. The molecule has 2 fully saturated rings. The number of ether oxygens (including phenoxy) is 2. The first-order valence-corrected chi connectivity index (χ1v) is 6.60. The maximum absolute atomic E-state index is 5.63. The lowest BCUT2D eigenvalue weighted by atomic mass is 9.86. The van der Waals surface area contributed by atoms with Crippen molar-refractivity contribution in [3.05, 3.63) is 0 Å². The third kappa shape index (κ3) is 2.96. The first kappa shape index (κ1) is 12.3. The predicted octanol–water partition coefficient (Wildman–Crippen LogP) is 1.96. The van der Waals surface area contributed by atoms with Crippen molar-refractivity contribution in [3.8, 4) is 0 Å². The zero-order chi connectivity index (χ0) is 11.4. The molecule has 1 heterocycles. The van der Waals surface area contributed by atoms with Crippen molar-refractivity contribution >= 4 is 0 Å². The van der Waals surface area contributed by atoms with Crippen LogP contribution in [0.15, 0.2) is 0 Å². The van der Waals surface area contributed by atoms with Crippen LogP contribution < -0.4 is 5.32 Å². The lowest BCUT2D eigenvalue weighted by Gasteiger charge is -2.32. The van der Waals surface area contributed by atoms with Crippen molar-refractivity contribution < 1.29 is 9.47 Å². The van der Waals surface area contributed by atoms with Crippen LogP contribution in [0.5, 0.6) is 0 Å². The molecular weight excluding hydrogens is 202 g/mol. The Labute approximate surface area is 98.9 Å². The molecule has 0 bridgehead atoms. The molecule has 3 nitrogen and oxygen atoms in total. The van der Waals surface area contributed by atoms with Crippen molar-refractivity contribution in [3.63, 3.8) is 0 Å². The summed E-state index contributed by atoms with van der Waals surface area (Å²) in [7, 11) is 1.81. The standard InChI is InChI=1S/C13H25NO2/c1-11-4-3-5-12(8-11)14-9-13(15-2)6-7-16-10-13/h11-12,14H,3-10H2,1-2H3. The minimum absolute atomic E-state index is 0.0549. The van der Waals surface area contributed by atoms with E-state index in [2.05, 4.69) is 12.2 Å². The van der Waals surface area contributed by atoms with Crippen LogP contribution in [0.2, 0.25) is 0 Å². The van der Waals surface area contributed by atoms with E-state index in [-0.39, 0.29) is 5.60 Å². The lowest BCUT2D eigenvalue weighted by molar-refractivity contribution is -0.0185. The molecule has 1 saturated heterocycles. The highest BCUT2D eigenvalue weighted by Crippen LogP contribution is 2.26. The van der Waals surface area contributed by atoms with Crippen molar-refractivity contribution in [1.82, 2.24) is 5.32 Å². The number of methoxy groups -OCH3 is 1. The van der Waals surface area contributed by atoms with Gasteiger partial charge in [-0.25, -0.2) is 0 Å². The molecule has 0 aromatic heterocycles. The van der Waals surface area contributed by atoms with Crippen LogP contribution in [0.1, 0.15) is 39.0 Å². The molecule has 3 unspecified atom stereocenters. The molecule has 0 radical (unpaired) electrons. The zero-order valence-electron chi connectivity index (χ0n) is 10.6. The molecule has 0 aromatic carbocycles. The topological polar surface area (TPSA) is 30.5 Å². The van der Waals surface area contributed by atoms with E-state index in [1.54, 1.807) is 7.11 Å². The molecule has 1 saturated carbocycles. The average Bonchev–Trinajstić information content (AvgIpc) is 2.76. The molecule has 94 valence electrons. The fraction of sp³-hybridized carbons (Fsp3) is 1.00. The van der Waals surface area contributed by atoms with Crippen molar-refractivity contribution in [2.24, 2.45) is 5.92 Å². The smallest absolute Gasteiger partial charge is 0.106 e. The molecule has 16 heavy (non-hydrogen) atoms. The van der Waals surface area contributed by atoms with Crippen LogP contribution >= 0.6 is 0 Å². The van der Waals surface area contributed by atoms with E-state index in [9.17, 15) is 0 Å². The molecule has 0 spiro atoms. The van der Waals surface area contributed by atoms with Gasteiger partial charge in [0.2, 0.25) is 0 Å². The quantitative estimate of drug-likeness (QED) is 0.796. The minimum Gasteiger partial charge on any atom is -0.378 e. The van der Waals surface area contributed by atoms with Gasteiger partial charge < -0.3 is 14.8 Å². The van der Waals surface area contributed by atoms with Gasteiger partial charge in [-0.1, -0.05) is 19.8 Å². The maximum Gasteiger partial charge on any atom is 0.106 e. The minimum atomic E-state index is -0.0549. The van der Waals surface area contributed by atoms with Gasteiger partial charge >= 0.3 is 0 Å². The third-order valence-electron chi connectivity index (χ3n) is 4.15. The van der Waals surface area contributed by atoms with E-state index in [1.165, 1.54) is 25.7 Å². The molecule has 2 rings (SSSR count). The number of hydrogen-bond donors (Lipinski definition) is 1. The Morgan fingerprint density at radius 1 is 1.44 bits per heavy atom. The molecular formula is C13H25NO2. The normalized spacial score (nSPS) is 40.1. The second-order valence-electron chi connectivity index (χ2n) is 5.54. The van der Waals surface area contributed by atoms with Gasteiger partial charge in [-0.3, -0.25) is 0 Å². The van der Waals surface area contributed by atoms with E-state index in [0.717, 1.165) is 32.1 Å². The van der Waals surface area contributed by atoms with E-state index in [0.29, 0.717) is 6.04 Å². The molecule has 3 atom stereocenters. The number of hydrogen-bond acceptors (Lipinski definition) is 3. The molecule has 0 amide bonds. The fourth-order valence-corrected chi connectivity index (χ4v) is 2.91. The summed E-state index contributed by atoms with van der Waals surface area (Å²) in [5, 5.41) is 3.68. The summed E-state index contributed by atoms with van der Waals surface area (Å²) in [6.07, 6.45) is 6.44. The monoisotopic (exact) mass is 227 g/mol. The van der Waals surface area contributed by atoms with Gasteiger partial charge in [0, 0.05) is 32.7 Å². The van der Waals surface area contributed by atoms with Crippen molar-refractivity contribution in [2.75, 3.05) is 26.9 Å². The van der Waals surface area contributed by atoms with Crippen LogP contribution in [-0.2, 0) is 9.47 Å². The highest BCUT2D eigenvalue weighted by atomic mass is 16.5. The first-order chi connectivity index (χ1) is 7.74.